The SMILES string of the molecule is CC1CCCN(S(=O)(=O)c2ccc(C(=O)Nc3nc4ccc5ccccc5c4s3)cc2)C1. The number of piperidine rings is 1. The molecule has 0 saturated carbocycles. The van der Waals surface area contributed by atoms with Crippen molar-refractivity contribution in [2.45, 2.75) is 24.7 Å². The molecule has 1 atom stereocenters. The van der Waals surface area contributed by atoms with Gasteiger partial charge in [-0.1, -0.05) is 48.6 Å². The molecule has 0 spiro atoms. The number of nitrogens with zero attached hydrogens (tertiary/aromatic N) is 2. The zero-order valence-corrected chi connectivity index (χ0v) is 19.2. The zero-order valence-electron chi connectivity index (χ0n) is 17.6. The van der Waals surface area contributed by atoms with Crippen LogP contribution in [0.25, 0.3) is 21.0 Å². The Morgan fingerprint density at radius 1 is 1.09 bits per heavy atom. The molecule has 5 rings (SSSR count). The molecule has 1 saturated heterocycles. The maximum atomic E-state index is 12.9. The maximum Gasteiger partial charge on any atom is 0.257 e. The van der Waals surface area contributed by atoms with Gasteiger partial charge in [0.2, 0.25) is 10.0 Å². The van der Waals surface area contributed by atoms with Gasteiger partial charge in [0.1, 0.15) is 0 Å². The van der Waals surface area contributed by atoms with Crippen LogP contribution < -0.4 is 5.32 Å². The van der Waals surface area contributed by atoms with E-state index >= 15 is 0 Å². The van der Waals surface area contributed by atoms with Gasteiger partial charge in [0.25, 0.3) is 5.91 Å². The molecule has 1 unspecified atom stereocenters. The van der Waals surface area contributed by atoms with Gasteiger partial charge in [-0.3, -0.25) is 10.1 Å². The number of carbonyl (C=O) groups excluding carboxylic acids is 1. The van der Waals surface area contributed by atoms with Crippen molar-refractivity contribution in [3.8, 4) is 0 Å². The Labute approximate surface area is 190 Å². The van der Waals surface area contributed by atoms with Crippen molar-refractivity contribution < 1.29 is 13.2 Å². The molecule has 1 N–H and O–H groups in total. The molecule has 0 bridgehead atoms. The summed E-state index contributed by atoms with van der Waals surface area (Å²) >= 11 is 1.43. The molecule has 1 aliphatic heterocycles. The van der Waals surface area contributed by atoms with Gasteiger partial charge in [0.15, 0.2) is 5.13 Å². The van der Waals surface area contributed by atoms with Crippen molar-refractivity contribution in [3.63, 3.8) is 0 Å². The van der Waals surface area contributed by atoms with E-state index in [0.717, 1.165) is 33.8 Å². The molecule has 1 aliphatic rings. The Morgan fingerprint density at radius 3 is 2.66 bits per heavy atom. The number of sulfonamides is 1. The molecule has 2 heterocycles. The predicted molar refractivity (Wildman–Crippen MR) is 129 cm³/mol. The molecule has 0 radical (unpaired) electrons. The summed E-state index contributed by atoms with van der Waals surface area (Å²) in [6, 6.07) is 18.2. The lowest BCUT2D eigenvalue weighted by molar-refractivity contribution is 0.102. The van der Waals surface area contributed by atoms with E-state index < -0.39 is 10.0 Å². The van der Waals surface area contributed by atoms with Crippen LogP contribution in [0, 0.1) is 5.92 Å². The van der Waals surface area contributed by atoms with Crippen LogP contribution in [-0.4, -0.2) is 36.7 Å². The molecule has 8 heteroatoms. The largest absolute Gasteiger partial charge is 0.298 e. The van der Waals surface area contributed by atoms with E-state index in [-0.39, 0.29) is 10.8 Å². The van der Waals surface area contributed by atoms with Crippen LogP contribution in [0.4, 0.5) is 5.13 Å². The fourth-order valence-corrected chi connectivity index (χ4v) is 6.76. The van der Waals surface area contributed by atoms with Gasteiger partial charge in [0.05, 0.1) is 15.1 Å². The standard InChI is InChI=1S/C24H23N3O3S2/c1-16-5-4-14-27(15-16)32(29,30)19-11-8-18(9-12-19)23(28)26-24-25-21-13-10-17-6-2-3-7-20(17)22(21)31-24/h2-3,6-13,16H,4-5,14-15H2,1H3,(H,25,26,28). The number of hydrogen-bond donors (Lipinski definition) is 1. The zero-order chi connectivity index (χ0) is 22.3. The lowest BCUT2D eigenvalue weighted by Gasteiger charge is -2.30. The first-order chi connectivity index (χ1) is 15.4. The van der Waals surface area contributed by atoms with Crippen molar-refractivity contribution in [3.05, 3.63) is 66.2 Å². The maximum absolute atomic E-state index is 12.9. The van der Waals surface area contributed by atoms with Crippen LogP contribution in [0.1, 0.15) is 30.1 Å². The van der Waals surface area contributed by atoms with E-state index in [1.54, 1.807) is 16.4 Å². The first kappa shape index (κ1) is 21.1. The van der Waals surface area contributed by atoms with Crippen molar-refractivity contribution in [2.75, 3.05) is 18.4 Å². The fourth-order valence-electron chi connectivity index (χ4n) is 4.17. The number of amides is 1. The van der Waals surface area contributed by atoms with Gasteiger partial charge in [-0.2, -0.15) is 4.31 Å². The van der Waals surface area contributed by atoms with E-state index in [0.29, 0.717) is 29.7 Å². The van der Waals surface area contributed by atoms with Crippen LogP contribution in [0.3, 0.4) is 0 Å². The van der Waals surface area contributed by atoms with Crippen LogP contribution >= 0.6 is 11.3 Å². The summed E-state index contributed by atoms with van der Waals surface area (Å²) in [6.07, 6.45) is 1.92. The lowest BCUT2D eigenvalue weighted by atomic mass is 10.0. The minimum atomic E-state index is -3.54. The number of nitrogens with one attached hydrogen (secondary N) is 1. The van der Waals surface area contributed by atoms with Crippen LogP contribution in [0.15, 0.2) is 65.6 Å². The summed E-state index contributed by atoms with van der Waals surface area (Å²) in [7, 11) is -3.54. The van der Waals surface area contributed by atoms with Gasteiger partial charge in [-0.25, -0.2) is 13.4 Å². The highest BCUT2D eigenvalue weighted by Crippen LogP contribution is 2.33. The monoisotopic (exact) mass is 465 g/mol. The summed E-state index contributed by atoms with van der Waals surface area (Å²) in [5, 5.41) is 5.59. The number of carbonyl (C=O) groups is 1. The van der Waals surface area contributed by atoms with E-state index in [4.69, 9.17) is 0 Å². The third-order valence-electron chi connectivity index (χ3n) is 5.87. The van der Waals surface area contributed by atoms with Gasteiger partial charge in [-0.05, 0) is 54.5 Å². The minimum Gasteiger partial charge on any atom is -0.298 e. The second-order valence-electron chi connectivity index (χ2n) is 8.24. The Morgan fingerprint density at radius 2 is 1.88 bits per heavy atom. The number of rotatable bonds is 4. The highest BCUT2D eigenvalue weighted by Gasteiger charge is 2.28. The molecule has 6 nitrogen and oxygen atoms in total. The van der Waals surface area contributed by atoms with Crippen molar-refractivity contribution in [1.29, 1.82) is 0 Å². The number of benzene rings is 3. The highest BCUT2D eigenvalue weighted by molar-refractivity contribution is 7.89. The fraction of sp³-hybridized carbons (Fsp3) is 0.250. The van der Waals surface area contributed by atoms with E-state index in [1.807, 2.05) is 36.4 Å². The van der Waals surface area contributed by atoms with E-state index in [2.05, 4.69) is 17.2 Å². The molecule has 0 aliphatic carbocycles. The van der Waals surface area contributed by atoms with Gasteiger partial charge < -0.3 is 0 Å². The molecule has 1 fully saturated rings. The molecule has 1 amide bonds. The van der Waals surface area contributed by atoms with Gasteiger partial charge in [-0.15, -0.1) is 0 Å². The summed E-state index contributed by atoms with van der Waals surface area (Å²) in [6.45, 7) is 3.15. The average molecular weight is 466 g/mol. The molecular formula is C24H23N3O3S2. The second kappa shape index (κ2) is 8.27. The normalized spacial score (nSPS) is 17.6. The summed E-state index contributed by atoms with van der Waals surface area (Å²) in [5.41, 5.74) is 1.22. The van der Waals surface area contributed by atoms with Crippen LogP contribution in [0.5, 0.6) is 0 Å². The molecule has 1 aromatic heterocycles. The molecule has 164 valence electrons. The highest BCUT2D eigenvalue weighted by atomic mass is 32.2. The van der Waals surface area contributed by atoms with Gasteiger partial charge in [0, 0.05) is 24.0 Å². The van der Waals surface area contributed by atoms with Gasteiger partial charge >= 0.3 is 0 Å². The Kier molecular flexibility index (Phi) is 5.44. The number of hydrogen-bond acceptors (Lipinski definition) is 5. The lowest BCUT2D eigenvalue weighted by Crippen LogP contribution is -2.39. The smallest absolute Gasteiger partial charge is 0.257 e. The van der Waals surface area contributed by atoms with Crippen molar-refractivity contribution >= 4 is 53.4 Å². The summed E-state index contributed by atoms with van der Waals surface area (Å²) in [4.78, 5) is 17.5. The third kappa shape index (κ3) is 3.90. The number of anilines is 1. The Hall–Kier alpha value is -2.81. The topological polar surface area (TPSA) is 79.4 Å². The molecule has 3 aromatic carbocycles. The number of thiazole rings is 1. The van der Waals surface area contributed by atoms with Crippen molar-refractivity contribution in [1.82, 2.24) is 9.29 Å². The van der Waals surface area contributed by atoms with Crippen LogP contribution in [0.2, 0.25) is 0 Å². The third-order valence-corrected chi connectivity index (χ3v) is 8.77. The van der Waals surface area contributed by atoms with E-state index in [9.17, 15) is 13.2 Å². The Bertz CT molecular complexity index is 1410. The first-order valence-corrected chi connectivity index (χ1v) is 12.9. The van der Waals surface area contributed by atoms with Crippen molar-refractivity contribution in [2.24, 2.45) is 5.92 Å². The minimum absolute atomic E-state index is 0.217. The van der Waals surface area contributed by atoms with Crippen LogP contribution in [-0.2, 0) is 10.0 Å². The second-order valence-corrected chi connectivity index (χ2v) is 11.2. The molecular weight excluding hydrogens is 442 g/mol. The summed E-state index contributed by atoms with van der Waals surface area (Å²) in [5.74, 6) is 0.0402. The summed E-state index contributed by atoms with van der Waals surface area (Å²) < 4.78 is 28.4. The number of aromatic nitrogens is 1. The average Bonchev–Trinajstić information content (AvgIpc) is 3.22. The molecule has 32 heavy (non-hydrogen) atoms. The van der Waals surface area contributed by atoms with E-state index in [1.165, 1.54) is 23.5 Å². The molecule has 4 aromatic rings. The quantitative estimate of drug-likeness (QED) is 0.454. The number of fused-ring (bicyclic) bond motifs is 3. The first-order valence-electron chi connectivity index (χ1n) is 10.6. The predicted octanol–water partition coefficient (Wildman–Crippen LogP) is 5.12. The Balaban J connectivity index is 1.35.